The molecule has 6 heteroatoms. The van der Waals surface area contributed by atoms with E-state index < -0.39 is 10.0 Å². The van der Waals surface area contributed by atoms with Gasteiger partial charge in [0.05, 0.1) is 11.4 Å². The van der Waals surface area contributed by atoms with Crippen molar-refractivity contribution in [1.29, 1.82) is 0 Å². The van der Waals surface area contributed by atoms with Crippen molar-refractivity contribution in [3.8, 4) is 0 Å². The van der Waals surface area contributed by atoms with Crippen LogP contribution >= 0.6 is 23.4 Å². The number of hydrogen-bond acceptors (Lipinski definition) is 3. The molecule has 3 aromatic carbocycles. The van der Waals surface area contributed by atoms with Gasteiger partial charge in [0, 0.05) is 15.7 Å². The first-order valence-corrected chi connectivity index (χ1v) is 11.5. The third-order valence-corrected chi connectivity index (χ3v) is 6.58. The van der Waals surface area contributed by atoms with E-state index >= 15 is 0 Å². The van der Waals surface area contributed by atoms with Crippen LogP contribution in [0.25, 0.3) is 0 Å². The lowest BCUT2D eigenvalue weighted by Gasteiger charge is -2.12. The Hall–Kier alpha value is -1.95. The summed E-state index contributed by atoms with van der Waals surface area (Å²) in [5.41, 5.74) is 3.60. The Labute approximate surface area is 169 Å². The van der Waals surface area contributed by atoms with Crippen LogP contribution in [0.15, 0.2) is 77.7 Å². The molecule has 0 radical (unpaired) electrons. The van der Waals surface area contributed by atoms with Crippen molar-refractivity contribution in [1.82, 2.24) is 0 Å². The highest BCUT2D eigenvalue weighted by Gasteiger charge is 2.14. The van der Waals surface area contributed by atoms with Crippen LogP contribution in [0.3, 0.4) is 0 Å². The van der Waals surface area contributed by atoms with Crippen LogP contribution in [-0.4, -0.2) is 8.42 Å². The van der Waals surface area contributed by atoms with E-state index in [2.05, 4.69) is 4.72 Å². The Morgan fingerprint density at radius 3 is 2.22 bits per heavy atom. The summed E-state index contributed by atoms with van der Waals surface area (Å²) in [7, 11) is -3.49. The summed E-state index contributed by atoms with van der Waals surface area (Å²) in [6.07, 6.45) is 0. The summed E-state index contributed by atoms with van der Waals surface area (Å²) in [5.74, 6) is 0.678. The lowest BCUT2D eigenvalue weighted by Crippen LogP contribution is -2.15. The highest BCUT2D eigenvalue weighted by Crippen LogP contribution is 2.31. The number of anilines is 1. The number of hydrogen-bond donors (Lipinski definition) is 1. The SMILES string of the molecule is Cc1ccc(CS(=O)(=O)Nc2ccccc2SCc2ccc(Cl)cc2)cc1. The lowest BCUT2D eigenvalue weighted by atomic mass is 10.2. The van der Waals surface area contributed by atoms with Gasteiger partial charge < -0.3 is 0 Å². The largest absolute Gasteiger partial charge is 0.282 e. The molecule has 0 fully saturated rings. The number of aryl methyl sites for hydroxylation is 1. The fourth-order valence-electron chi connectivity index (χ4n) is 2.53. The van der Waals surface area contributed by atoms with Crippen molar-refractivity contribution in [3.63, 3.8) is 0 Å². The maximum Gasteiger partial charge on any atom is 0.236 e. The molecule has 0 unspecified atom stereocenters. The standard InChI is InChI=1S/C21H20ClNO2S2/c1-16-6-8-18(9-7-16)15-27(24,25)23-20-4-2-3-5-21(20)26-14-17-10-12-19(22)13-11-17/h2-13,23H,14-15H2,1H3. The van der Waals surface area contributed by atoms with Gasteiger partial charge in [-0.25, -0.2) is 8.42 Å². The average Bonchev–Trinajstić information content (AvgIpc) is 2.64. The smallest absolute Gasteiger partial charge is 0.236 e. The van der Waals surface area contributed by atoms with Gasteiger partial charge in [-0.2, -0.15) is 0 Å². The van der Waals surface area contributed by atoms with Gasteiger partial charge in [-0.05, 0) is 42.3 Å². The molecule has 0 spiro atoms. The van der Waals surface area contributed by atoms with Crippen LogP contribution in [-0.2, 0) is 21.5 Å². The van der Waals surface area contributed by atoms with E-state index in [1.165, 1.54) is 0 Å². The molecule has 1 N–H and O–H groups in total. The van der Waals surface area contributed by atoms with Crippen molar-refractivity contribution in [2.24, 2.45) is 0 Å². The zero-order valence-corrected chi connectivity index (χ0v) is 17.2. The van der Waals surface area contributed by atoms with Gasteiger partial charge in [-0.3, -0.25) is 4.72 Å². The summed E-state index contributed by atoms with van der Waals surface area (Å²) in [6, 6.07) is 22.6. The number of rotatable bonds is 7. The molecule has 0 atom stereocenters. The van der Waals surface area contributed by atoms with Crippen molar-refractivity contribution >= 4 is 39.1 Å². The minimum Gasteiger partial charge on any atom is -0.282 e. The Morgan fingerprint density at radius 1 is 0.889 bits per heavy atom. The van der Waals surface area contributed by atoms with Crippen molar-refractivity contribution < 1.29 is 8.42 Å². The predicted molar refractivity (Wildman–Crippen MR) is 115 cm³/mol. The van der Waals surface area contributed by atoms with Gasteiger partial charge in [-0.15, -0.1) is 11.8 Å². The van der Waals surface area contributed by atoms with E-state index in [4.69, 9.17) is 11.6 Å². The molecule has 3 nitrogen and oxygen atoms in total. The molecule has 0 saturated heterocycles. The Bertz CT molecular complexity index is 1000. The third-order valence-electron chi connectivity index (χ3n) is 3.94. The molecular formula is C21H20ClNO2S2. The second-order valence-corrected chi connectivity index (χ2v) is 9.43. The molecule has 0 saturated carbocycles. The highest BCUT2D eigenvalue weighted by molar-refractivity contribution is 7.98. The molecule has 0 amide bonds. The molecule has 0 bridgehead atoms. The Kier molecular flexibility index (Phi) is 6.47. The first-order chi connectivity index (χ1) is 12.9. The zero-order chi connectivity index (χ0) is 19.3. The summed E-state index contributed by atoms with van der Waals surface area (Å²) < 4.78 is 27.9. The maximum absolute atomic E-state index is 12.6. The van der Waals surface area contributed by atoms with Crippen LogP contribution < -0.4 is 4.72 Å². The van der Waals surface area contributed by atoms with Gasteiger partial charge in [-0.1, -0.05) is 65.7 Å². The molecule has 3 rings (SSSR count). The molecule has 0 aliphatic carbocycles. The number of halogens is 1. The number of benzene rings is 3. The summed E-state index contributed by atoms with van der Waals surface area (Å²) in [5, 5.41) is 0.702. The second-order valence-electron chi connectivity index (χ2n) is 6.26. The molecule has 27 heavy (non-hydrogen) atoms. The van der Waals surface area contributed by atoms with E-state index in [0.717, 1.165) is 27.3 Å². The van der Waals surface area contributed by atoms with Gasteiger partial charge in [0.2, 0.25) is 10.0 Å². The molecule has 0 heterocycles. The van der Waals surface area contributed by atoms with E-state index in [1.54, 1.807) is 17.8 Å². The second kappa shape index (κ2) is 8.83. The minimum absolute atomic E-state index is 0.0521. The summed E-state index contributed by atoms with van der Waals surface area (Å²) in [4.78, 5) is 0.889. The Balaban J connectivity index is 1.70. The number of nitrogens with one attached hydrogen (secondary N) is 1. The van der Waals surface area contributed by atoms with E-state index in [0.29, 0.717) is 10.7 Å². The molecule has 3 aromatic rings. The van der Waals surface area contributed by atoms with Gasteiger partial charge in [0.15, 0.2) is 0 Å². The zero-order valence-electron chi connectivity index (χ0n) is 14.9. The number of para-hydroxylation sites is 1. The average molecular weight is 418 g/mol. The van der Waals surface area contributed by atoms with Crippen molar-refractivity contribution in [2.75, 3.05) is 4.72 Å². The van der Waals surface area contributed by atoms with Crippen LogP contribution in [0, 0.1) is 6.92 Å². The first kappa shape index (κ1) is 19.8. The number of sulfonamides is 1. The molecular weight excluding hydrogens is 398 g/mol. The fraction of sp³-hybridized carbons (Fsp3) is 0.143. The van der Waals surface area contributed by atoms with Crippen molar-refractivity contribution in [3.05, 3.63) is 94.5 Å². The van der Waals surface area contributed by atoms with Crippen LogP contribution in [0.2, 0.25) is 5.02 Å². The third kappa shape index (κ3) is 6.03. The normalized spacial score (nSPS) is 11.3. The minimum atomic E-state index is -3.49. The highest BCUT2D eigenvalue weighted by atomic mass is 35.5. The van der Waals surface area contributed by atoms with Crippen LogP contribution in [0.4, 0.5) is 5.69 Å². The summed E-state index contributed by atoms with van der Waals surface area (Å²) in [6.45, 7) is 1.98. The Morgan fingerprint density at radius 2 is 1.52 bits per heavy atom. The first-order valence-electron chi connectivity index (χ1n) is 8.44. The van der Waals surface area contributed by atoms with Crippen molar-refractivity contribution in [2.45, 2.75) is 23.3 Å². The van der Waals surface area contributed by atoms with Gasteiger partial charge >= 0.3 is 0 Å². The molecule has 140 valence electrons. The molecule has 0 aliphatic rings. The molecule has 0 aromatic heterocycles. The van der Waals surface area contributed by atoms with Crippen LogP contribution in [0.5, 0.6) is 0 Å². The number of thioether (sulfide) groups is 1. The lowest BCUT2D eigenvalue weighted by molar-refractivity contribution is 0.600. The summed E-state index contributed by atoms with van der Waals surface area (Å²) >= 11 is 7.50. The van der Waals surface area contributed by atoms with E-state index in [9.17, 15) is 8.42 Å². The fourth-order valence-corrected chi connectivity index (χ4v) is 4.90. The topological polar surface area (TPSA) is 46.2 Å². The van der Waals surface area contributed by atoms with E-state index in [1.807, 2.05) is 73.7 Å². The maximum atomic E-state index is 12.6. The van der Waals surface area contributed by atoms with Crippen LogP contribution in [0.1, 0.15) is 16.7 Å². The predicted octanol–water partition coefficient (Wildman–Crippen LogP) is 5.88. The van der Waals surface area contributed by atoms with E-state index in [-0.39, 0.29) is 5.75 Å². The van der Waals surface area contributed by atoms with Gasteiger partial charge in [0.25, 0.3) is 0 Å². The quantitative estimate of drug-likeness (QED) is 0.488. The molecule has 0 aliphatic heterocycles. The van der Waals surface area contributed by atoms with Gasteiger partial charge in [0.1, 0.15) is 0 Å². The monoisotopic (exact) mass is 417 g/mol.